The summed E-state index contributed by atoms with van der Waals surface area (Å²) in [5.41, 5.74) is 0.858. The van der Waals surface area contributed by atoms with Crippen LogP contribution >= 0.6 is 18.5 Å². The van der Waals surface area contributed by atoms with Gasteiger partial charge in [0.15, 0.2) is 0 Å². The predicted molar refractivity (Wildman–Crippen MR) is 280 cm³/mol. The highest BCUT2D eigenvalue weighted by atomic mass is 31.0. The van der Waals surface area contributed by atoms with E-state index in [0.717, 1.165) is 94.9 Å². The summed E-state index contributed by atoms with van der Waals surface area (Å²) in [5.74, 6) is 13.7. The molecule has 6 rings (SSSR count). The van der Waals surface area contributed by atoms with E-state index in [4.69, 9.17) is 0 Å². The fourth-order valence-electron chi connectivity index (χ4n) is 17.0. The maximum atomic E-state index is 10.2. The molecule has 0 aliphatic heterocycles. The first-order valence-corrected chi connectivity index (χ1v) is 31.0. The monoisotopic (exact) mass is 897 g/mol. The molecule has 0 spiro atoms. The minimum atomic E-state index is 0.395. The largest absolute Gasteiger partial charge is 0.396 e. The zero-order valence-electron chi connectivity index (χ0n) is 42.0. The van der Waals surface area contributed by atoms with Gasteiger partial charge < -0.3 is 5.11 Å². The van der Waals surface area contributed by atoms with Crippen molar-refractivity contribution < 1.29 is 5.11 Å². The molecule has 6 saturated carbocycles. The van der Waals surface area contributed by atoms with Crippen LogP contribution in [0.3, 0.4) is 0 Å². The van der Waals surface area contributed by atoms with Crippen LogP contribution in [0.25, 0.3) is 0 Å². The molecule has 0 radical (unpaired) electrons. The van der Waals surface area contributed by atoms with Gasteiger partial charge in [-0.15, -0.1) is 18.5 Å². The molecule has 0 bridgehead atoms. The first-order valence-electron chi connectivity index (χ1n) is 29.6. The van der Waals surface area contributed by atoms with E-state index in [-0.39, 0.29) is 0 Å². The predicted octanol–water partition coefficient (Wildman–Crippen LogP) is 18.4. The third-order valence-electron chi connectivity index (χ3n) is 20.6. The topological polar surface area (TPSA) is 20.2 Å². The van der Waals surface area contributed by atoms with E-state index in [0.29, 0.717) is 6.61 Å². The maximum absolute atomic E-state index is 10.2. The highest BCUT2D eigenvalue weighted by molar-refractivity contribution is 7.17. The summed E-state index contributed by atoms with van der Waals surface area (Å²) < 4.78 is 0. The standard InChI is InChI=1S/C59H110OP2/c1-3-17-45(4-2)18-13-19-46-31-33-47(34-32-46)35-37-50-23-14-20-48(42-53-39-40-55(62)26-10-12-27-56(50)53)36-38-51-24-15-25-52(43-54(44-61)57(51)30-16-41-60)59-29-11-9-22-49-21-7-5-6-8-28-58(49)59/h45-60H,3-44,61-62H2,1-2H3/t45-,46?,47?,48-,49?,50?,51?,52+,53?,54?,55?,56?,57?,58?,59?/m1/s1. The molecule has 0 heterocycles. The number of hydrogen-bond donors (Lipinski definition) is 1. The second kappa shape index (κ2) is 29.7. The molecule has 3 heteroatoms. The SMILES string of the molecule is CCC[C@@H](CC)CCCC1CCC(CCC2CCC[C@H](CCC3CCC[C@H](C4CCCCC5CCCCCCC54)CC(CP)C3CCCO)CC3CCC(P)CCCCC23)CC1. The van der Waals surface area contributed by atoms with Crippen LogP contribution in [0.5, 0.6) is 0 Å². The Morgan fingerprint density at radius 3 is 1.79 bits per heavy atom. The van der Waals surface area contributed by atoms with E-state index in [1.54, 1.807) is 83.5 Å². The van der Waals surface area contributed by atoms with Gasteiger partial charge in [-0.05, 0) is 172 Å². The fourth-order valence-corrected chi connectivity index (χ4v) is 17.9. The average Bonchev–Trinajstić information content (AvgIpc) is 3.40. The molecule has 1 N–H and O–H groups in total. The Balaban J connectivity index is 1.04. The lowest BCUT2D eigenvalue weighted by Crippen LogP contribution is -2.35. The van der Waals surface area contributed by atoms with Crippen LogP contribution in [0.2, 0.25) is 0 Å². The lowest BCUT2D eigenvalue weighted by atomic mass is 9.62. The fraction of sp³-hybridized carbons (Fsp3) is 1.00. The molecular weight excluding hydrogens is 787 g/mol. The highest BCUT2D eigenvalue weighted by Gasteiger charge is 2.41. The van der Waals surface area contributed by atoms with Gasteiger partial charge in [0.25, 0.3) is 0 Å². The number of aliphatic hydroxyl groups excluding tert-OH is 1. The van der Waals surface area contributed by atoms with Crippen molar-refractivity contribution in [2.24, 2.45) is 82.9 Å². The minimum absolute atomic E-state index is 0.395. The molecule has 0 amide bonds. The zero-order valence-corrected chi connectivity index (χ0v) is 44.3. The van der Waals surface area contributed by atoms with E-state index in [2.05, 4.69) is 32.3 Å². The second-order valence-electron chi connectivity index (χ2n) is 24.4. The Morgan fingerprint density at radius 1 is 0.452 bits per heavy atom. The van der Waals surface area contributed by atoms with Gasteiger partial charge in [-0.1, -0.05) is 194 Å². The Labute approximate surface area is 393 Å². The molecule has 6 fully saturated rings. The summed E-state index contributed by atoms with van der Waals surface area (Å²) in [6, 6.07) is 0. The van der Waals surface area contributed by atoms with Gasteiger partial charge >= 0.3 is 0 Å². The van der Waals surface area contributed by atoms with Crippen LogP contribution < -0.4 is 0 Å². The maximum Gasteiger partial charge on any atom is 0.0431 e. The van der Waals surface area contributed by atoms with Gasteiger partial charge in [0.2, 0.25) is 0 Å². The summed E-state index contributed by atoms with van der Waals surface area (Å²) in [4.78, 5) is 0. The molecule has 362 valence electrons. The van der Waals surface area contributed by atoms with Crippen LogP contribution in [0.15, 0.2) is 0 Å². The molecule has 0 saturated heterocycles. The van der Waals surface area contributed by atoms with Crippen molar-refractivity contribution in [1.82, 2.24) is 0 Å². The van der Waals surface area contributed by atoms with Gasteiger partial charge in [-0.25, -0.2) is 0 Å². The molecule has 1 nitrogen and oxygen atoms in total. The van der Waals surface area contributed by atoms with Crippen molar-refractivity contribution in [3.05, 3.63) is 0 Å². The molecule has 6 aliphatic carbocycles. The van der Waals surface area contributed by atoms with Crippen molar-refractivity contribution in [2.45, 2.75) is 276 Å². The van der Waals surface area contributed by atoms with Crippen molar-refractivity contribution in [3.63, 3.8) is 0 Å². The number of aliphatic hydroxyl groups is 1. The number of hydrogen-bond acceptors (Lipinski definition) is 1. The van der Waals surface area contributed by atoms with E-state index in [1.165, 1.54) is 173 Å². The molecule has 62 heavy (non-hydrogen) atoms. The summed E-state index contributed by atoms with van der Waals surface area (Å²) in [6.07, 6.45) is 61.1. The third kappa shape index (κ3) is 16.8. The summed E-state index contributed by atoms with van der Waals surface area (Å²) in [5, 5.41) is 10.2. The highest BCUT2D eigenvalue weighted by Crippen LogP contribution is 2.51. The number of fused-ring (bicyclic) bond motifs is 2. The summed E-state index contributed by atoms with van der Waals surface area (Å²) >= 11 is 0. The van der Waals surface area contributed by atoms with Gasteiger partial charge in [0, 0.05) is 6.61 Å². The molecular formula is C59H110OP2. The Kier molecular flexibility index (Phi) is 25.0. The van der Waals surface area contributed by atoms with E-state index < -0.39 is 0 Å². The first-order chi connectivity index (χ1) is 30.5. The second-order valence-corrected chi connectivity index (χ2v) is 25.9. The molecule has 15 atom stereocenters. The summed E-state index contributed by atoms with van der Waals surface area (Å²) in [6.45, 7) is 5.20. The quantitative estimate of drug-likeness (QED) is 0.136. The van der Waals surface area contributed by atoms with Gasteiger partial charge in [0.1, 0.15) is 0 Å². The molecule has 6 aliphatic rings. The van der Waals surface area contributed by atoms with Crippen LogP contribution in [0, 0.1) is 82.9 Å². The molecule has 0 aromatic carbocycles. The minimum Gasteiger partial charge on any atom is -0.396 e. The van der Waals surface area contributed by atoms with Crippen LogP contribution in [-0.4, -0.2) is 23.5 Å². The summed E-state index contributed by atoms with van der Waals surface area (Å²) in [7, 11) is 6.60. The number of rotatable bonds is 18. The van der Waals surface area contributed by atoms with E-state index in [1.807, 2.05) is 0 Å². The lowest BCUT2D eigenvalue weighted by molar-refractivity contribution is 0.0691. The average molecular weight is 897 g/mol. The van der Waals surface area contributed by atoms with Crippen LogP contribution in [0.4, 0.5) is 0 Å². The Morgan fingerprint density at radius 2 is 1.05 bits per heavy atom. The van der Waals surface area contributed by atoms with Crippen molar-refractivity contribution >= 4 is 18.5 Å². The van der Waals surface area contributed by atoms with Gasteiger partial charge in [-0.2, -0.15) is 0 Å². The zero-order chi connectivity index (χ0) is 43.4. The van der Waals surface area contributed by atoms with Gasteiger partial charge in [0.05, 0.1) is 0 Å². The lowest BCUT2D eigenvalue weighted by Gasteiger charge is -2.44. The smallest absolute Gasteiger partial charge is 0.0431 e. The Bertz CT molecular complexity index is 1130. The normalized spacial score (nSPS) is 39.0. The van der Waals surface area contributed by atoms with E-state index in [9.17, 15) is 5.11 Å². The molecule has 12 unspecified atom stereocenters. The van der Waals surface area contributed by atoms with Crippen LogP contribution in [-0.2, 0) is 0 Å². The Hall–Kier alpha value is 0.820. The molecule has 0 aromatic heterocycles. The third-order valence-corrected chi connectivity index (χ3v) is 21.9. The van der Waals surface area contributed by atoms with Crippen LogP contribution in [0.1, 0.15) is 271 Å². The van der Waals surface area contributed by atoms with Gasteiger partial charge in [-0.3, -0.25) is 0 Å². The van der Waals surface area contributed by atoms with Crippen molar-refractivity contribution in [1.29, 1.82) is 0 Å². The van der Waals surface area contributed by atoms with Crippen molar-refractivity contribution in [3.8, 4) is 0 Å². The molecule has 0 aromatic rings. The van der Waals surface area contributed by atoms with E-state index >= 15 is 0 Å². The van der Waals surface area contributed by atoms with Crippen molar-refractivity contribution in [2.75, 3.05) is 12.8 Å². The first kappa shape index (κ1) is 52.2.